The summed E-state index contributed by atoms with van der Waals surface area (Å²) in [5.74, 6) is -0.234. The van der Waals surface area contributed by atoms with Gasteiger partial charge in [-0.1, -0.05) is 53.7 Å². The minimum Gasteiger partial charge on any atom is -0.508 e. The maximum Gasteiger partial charge on any atom is 0.337 e. The fourth-order valence-electron chi connectivity index (χ4n) is 2.41. The smallest absolute Gasteiger partial charge is 0.337 e. The first-order valence-electron chi connectivity index (χ1n) is 10.7. The molecule has 1 aromatic rings. The molecule has 1 aromatic carbocycles. The number of rotatable bonds is 8. The number of phenolic OH excluding ortho intramolecular Hbond substituents is 1. The largest absolute Gasteiger partial charge is 0.508 e. The molecule has 30 heavy (non-hydrogen) atoms. The van der Waals surface area contributed by atoms with Gasteiger partial charge >= 0.3 is 5.97 Å². The molecule has 1 rings (SSSR count). The van der Waals surface area contributed by atoms with Crippen LogP contribution in [0.25, 0.3) is 0 Å². The lowest BCUT2D eigenvalue weighted by Gasteiger charge is -2.44. The number of ether oxygens (including phenoxy) is 1. The Labute approximate surface area is 185 Å². The van der Waals surface area contributed by atoms with Crippen molar-refractivity contribution in [3.8, 4) is 5.75 Å². The maximum absolute atomic E-state index is 13.1. The number of carbonyl (C=O) groups excluding carboxylic acids is 1. The van der Waals surface area contributed by atoms with Crippen molar-refractivity contribution in [1.82, 2.24) is 0 Å². The van der Waals surface area contributed by atoms with Gasteiger partial charge in [0.05, 0.1) is 6.61 Å². The molecule has 5 nitrogen and oxygen atoms in total. The third-order valence-corrected chi connectivity index (χ3v) is 15.4. The molecular weight excluding hydrogens is 412 g/mol. The number of carbonyl (C=O) groups is 1. The van der Waals surface area contributed by atoms with Gasteiger partial charge in [-0.05, 0) is 60.9 Å². The molecule has 172 valence electrons. The minimum atomic E-state index is -2.30. The van der Waals surface area contributed by atoms with Crippen molar-refractivity contribution in [1.29, 1.82) is 0 Å². The van der Waals surface area contributed by atoms with Crippen LogP contribution >= 0.6 is 0 Å². The summed E-state index contributed by atoms with van der Waals surface area (Å²) in [7, 11) is -4.55. The Hall–Kier alpha value is -1.16. The zero-order valence-corrected chi connectivity index (χ0v) is 22.8. The van der Waals surface area contributed by atoms with E-state index in [0.717, 1.165) is 5.56 Å². The highest BCUT2D eigenvalue weighted by atomic mass is 28.4. The molecule has 0 radical (unpaired) electrons. The Morgan fingerprint density at radius 2 is 1.33 bits per heavy atom. The molecule has 0 amide bonds. The summed E-state index contributed by atoms with van der Waals surface area (Å²) in [6, 6.07) is 6.83. The summed E-state index contributed by atoms with van der Waals surface area (Å²) in [6.07, 6.45) is -1.48. The van der Waals surface area contributed by atoms with Crippen LogP contribution in [0.4, 0.5) is 0 Å². The van der Waals surface area contributed by atoms with E-state index >= 15 is 0 Å². The molecular formula is C23H42O5Si2. The van der Waals surface area contributed by atoms with Gasteiger partial charge in [-0.3, -0.25) is 0 Å². The number of phenols is 1. The van der Waals surface area contributed by atoms with Gasteiger partial charge in [0.25, 0.3) is 0 Å². The lowest BCUT2D eigenvalue weighted by atomic mass is 10.0. The van der Waals surface area contributed by atoms with Crippen LogP contribution in [0.1, 0.15) is 60.1 Å². The summed E-state index contributed by atoms with van der Waals surface area (Å²) >= 11 is 0. The third-order valence-electron chi connectivity index (χ3n) is 6.47. The number of benzene rings is 1. The summed E-state index contributed by atoms with van der Waals surface area (Å²) in [5.41, 5.74) is 0.800. The van der Waals surface area contributed by atoms with Crippen molar-refractivity contribution in [3.63, 3.8) is 0 Å². The van der Waals surface area contributed by atoms with E-state index in [9.17, 15) is 9.90 Å². The van der Waals surface area contributed by atoms with Crippen molar-refractivity contribution < 1.29 is 23.5 Å². The highest BCUT2D eigenvalue weighted by Crippen LogP contribution is 2.44. The Morgan fingerprint density at radius 1 is 0.900 bits per heavy atom. The first kappa shape index (κ1) is 26.9. The summed E-state index contributed by atoms with van der Waals surface area (Å²) < 4.78 is 18.8. The fraction of sp³-hybridized carbons (Fsp3) is 0.696. The van der Waals surface area contributed by atoms with Gasteiger partial charge in [0.1, 0.15) is 11.9 Å². The molecule has 0 saturated carbocycles. The Kier molecular flexibility index (Phi) is 8.55. The average Bonchev–Trinajstić information content (AvgIpc) is 2.57. The second kappa shape index (κ2) is 9.55. The highest BCUT2D eigenvalue weighted by Gasteiger charge is 2.47. The van der Waals surface area contributed by atoms with Crippen molar-refractivity contribution in [2.75, 3.05) is 6.61 Å². The molecule has 0 aliphatic heterocycles. The van der Waals surface area contributed by atoms with E-state index in [2.05, 4.69) is 67.7 Å². The molecule has 1 N–H and O–H groups in total. The maximum atomic E-state index is 13.1. The Balaban J connectivity index is 3.54. The van der Waals surface area contributed by atoms with Crippen molar-refractivity contribution in [2.45, 2.75) is 96.9 Å². The Bertz CT molecular complexity index is 700. The van der Waals surface area contributed by atoms with Crippen LogP contribution < -0.4 is 0 Å². The lowest BCUT2D eigenvalue weighted by molar-refractivity contribution is -0.157. The molecule has 0 bridgehead atoms. The van der Waals surface area contributed by atoms with Crippen LogP contribution in [0.2, 0.25) is 36.3 Å². The monoisotopic (exact) mass is 454 g/mol. The van der Waals surface area contributed by atoms with E-state index in [1.54, 1.807) is 31.2 Å². The van der Waals surface area contributed by atoms with Crippen LogP contribution in [0.15, 0.2) is 24.3 Å². The normalized spacial score (nSPS) is 15.6. The van der Waals surface area contributed by atoms with E-state index < -0.39 is 34.8 Å². The van der Waals surface area contributed by atoms with E-state index in [4.69, 9.17) is 13.6 Å². The molecule has 0 aliphatic rings. The van der Waals surface area contributed by atoms with E-state index in [1.165, 1.54) is 0 Å². The fourth-order valence-corrected chi connectivity index (χ4v) is 4.87. The van der Waals surface area contributed by atoms with Crippen LogP contribution in [-0.4, -0.2) is 40.4 Å². The number of esters is 1. The van der Waals surface area contributed by atoms with Gasteiger partial charge in [0.2, 0.25) is 0 Å². The van der Waals surface area contributed by atoms with Crippen molar-refractivity contribution in [3.05, 3.63) is 29.8 Å². The third kappa shape index (κ3) is 6.67. The van der Waals surface area contributed by atoms with Crippen molar-refractivity contribution >= 4 is 22.6 Å². The quantitative estimate of drug-likeness (QED) is 0.363. The van der Waals surface area contributed by atoms with Gasteiger partial charge in [-0.2, -0.15) is 0 Å². The molecule has 0 aliphatic carbocycles. The van der Waals surface area contributed by atoms with E-state index in [0.29, 0.717) is 0 Å². The first-order valence-corrected chi connectivity index (χ1v) is 16.6. The van der Waals surface area contributed by atoms with E-state index in [1.807, 2.05) is 0 Å². The summed E-state index contributed by atoms with van der Waals surface area (Å²) in [4.78, 5) is 13.1. The molecule has 0 aromatic heterocycles. The molecule has 0 unspecified atom stereocenters. The van der Waals surface area contributed by atoms with Gasteiger partial charge < -0.3 is 18.7 Å². The molecule has 0 fully saturated rings. The molecule has 0 heterocycles. The first-order chi connectivity index (χ1) is 13.4. The SMILES string of the molecule is CCOC(=O)[C@H](O[Si](C)(C)C(C)(C)C)[C@@H](O[Si](C)(C)C(C)(C)C)c1ccc(O)cc1. The zero-order valence-electron chi connectivity index (χ0n) is 20.8. The highest BCUT2D eigenvalue weighted by molar-refractivity contribution is 6.74. The molecule has 2 atom stereocenters. The average molecular weight is 455 g/mol. The van der Waals surface area contributed by atoms with Gasteiger partial charge in [0, 0.05) is 0 Å². The second-order valence-corrected chi connectivity index (χ2v) is 20.5. The van der Waals surface area contributed by atoms with Crippen LogP contribution in [-0.2, 0) is 18.4 Å². The minimum absolute atomic E-state index is 0.0433. The molecule has 0 spiro atoms. The number of aromatic hydroxyl groups is 1. The van der Waals surface area contributed by atoms with Gasteiger partial charge in [0.15, 0.2) is 22.7 Å². The van der Waals surface area contributed by atoms with Gasteiger partial charge in [-0.25, -0.2) is 4.79 Å². The topological polar surface area (TPSA) is 65.0 Å². The summed E-state index contributed by atoms with van der Waals surface area (Å²) in [6.45, 7) is 23.6. The summed E-state index contributed by atoms with van der Waals surface area (Å²) in [5, 5.41) is 9.66. The number of hydrogen-bond acceptors (Lipinski definition) is 5. The Morgan fingerprint density at radius 3 is 1.73 bits per heavy atom. The zero-order chi connectivity index (χ0) is 23.5. The van der Waals surface area contributed by atoms with Gasteiger partial charge in [-0.15, -0.1) is 0 Å². The molecule has 7 heteroatoms. The van der Waals surface area contributed by atoms with Crippen LogP contribution in [0, 0.1) is 0 Å². The van der Waals surface area contributed by atoms with E-state index in [-0.39, 0.29) is 22.4 Å². The predicted octanol–water partition coefficient (Wildman–Crippen LogP) is 6.41. The standard InChI is InChI=1S/C23H42O5Si2/c1-12-26-21(25)20(28-30(10,11)23(5,6)7)19(17-13-15-18(24)16-14-17)27-29(8,9)22(2,3)4/h13-16,19-20,24H,12H2,1-11H3/t19-,20+/m0/s1. The molecule has 0 saturated heterocycles. The number of hydrogen-bond donors (Lipinski definition) is 1. The lowest BCUT2D eigenvalue weighted by Crippen LogP contribution is -2.51. The second-order valence-electron chi connectivity index (χ2n) is 10.9. The van der Waals surface area contributed by atoms with Crippen LogP contribution in [0.5, 0.6) is 5.75 Å². The predicted molar refractivity (Wildman–Crippen MR) is 128 cm³/mol. The van der Waals surface area contributed by atoms with Crippen LogP contribution in [0.3, 0.4) is 0 Å². The van der Waals surface area contributed by atoms with Crippen molar-refractivity contribution in [2.24, 2.45) is 0 Å².